The molecule has 1 spiro atoms. The Balaban J connectivity index is 0.827. The number of para-hydroxylation sites is 1. The molecule has 6 fully saturated rings. The van der Waals surface area contributed by atoms with Crippen LogP contribution in [0.15, 0.2) is 42.6 Å². The van der Waals surface area contributed by atoms with E-state index in [1.54, 1.807) is 11.3 Å². The summed E-state index contributed by atoms with van der Waals surface area (Å²) >= 11 is 1.61. The average Bonchev–Trinajstić information content (AvgIpc) is 4.11. The van der Waals surface area contributed by atoms with Crippen molar-refractivity contribution in [1.29, 1.82) is 0 Å². The Morgan fingerprint density at radius 3 is 2.41 bits per heavy atom. The minimum absolute atomic E-state index is 0.00395. The number of rotatable bonds is 11. The minimum atomic E-state index is -0.00395. The van der Waals surface area contributed by atoms with E-state index in [2.05, 4.69) is 65.7 Å². The van der Waals surface area contributed by atoms with Gasteiger partial charge in [0.1, 0.15) is 11.5 Å². The highest BCUT2D eigenvalue weighted by molar-refractivity contribution is 7.22. The first-order valence-electron chi connectivity index (χ1n) is 23.0. The summed E-state index contributed by atoms with van der Waals surface area (Å²) in [7, 11) is 0. The van der Waals surface area contributed by atoms with Crippen LogP contribution in [-0.4, -0.2) is 97.1 Å². The number of hydrogen-bond acceptors (Lipinski definition) is 11. The second-order valence-corrected chi connectivity index (χ2v) is 21.5. The molecule has 12 nitrogen and oxygen atoms in total. The molecular formula is C48H58N10O2S. The van der Waals surface area contributed by atoms with Gasteiger partial charge in [-0.25, -0.2) is 9.97 Å². The van der Waals surface area contributed by atoms with Gasteiger partial charge in [0.2, 0.25) is 0 Å². The summed E-state index contributed by atoms with van der Waals surface area (Å²) in [5, 5.41) is 18.9. The molecule has 2 saturated heterocycles. The summed E-state index contributed by atoms with van der Waals surface area (Å²) in [5.74, 6) is 2.25. The Kier molecular flexibility index (Phi) is 8.47. The Hall–Kier alpha value is -4.46. The summed E-state index contributed by atoms with van der Waals surface area (Å²) in [4.78, 5) is 31.2. The minimum Gasteiger partial charge on any atom is -0.373 e. The maximum absolute atomic E-state index is 14.5. The maximum Gasteiger partial charge on any atom is 0.273 e. The third kappa shape index (κ3) is 5.47. The fourth-order valence-corrected chi connectivity index (χ4v) is 15.8. The number of carbonyl (C=O) groups is 1. The zero-order valence-electron chi connectivity index (χ0n) is 36.2. The van der Waals surface area contributed by atoms with Crippen LogP contribution in [0.5, 0.6) is 0 Å². The van der Waals surface area contributed by atoms with Gasteiger partial charge in [-0.2, -0.15) is 5.10 Å². The van der Waals surface area contributed by atoms with Gasteiger partial charge >= 0.3 is 0 Å². The van der Waals surface area contributed by atoms with E-state index in [9.17, 15) is 4.79 Å². The molecule has 2 atom stereocenters. The molecule has 2 unspecified atom stereocenters. The molecule has 7 aliphatic rings. The molecule has 3 aliphatic heterocycles. The zero-order chi connectivity index (χ0) is 41.4. The van der Waals surface area contributed by atoms with Crippen LogP contribution in [0.25, 0.3) is 21.3 Å². The topological polar surface area (TPSA) is 117 Å². The SMILES string of the molecule is Cc1c(Nc2nc3ccccc3s2)nnc2c1CCCN2c1ccc(-c2cnn(CC34CC5(C)CC6(OCCN7CCCC7)CC(C)(C3)C56C4)c2C)c(C(=O)N2CCCC2)n1. The lowest BCUT2D eigenvalue weighted by Gasteiger charge is -2.82. The fraction of sp³-hybridized carbons (Fsp3) is 0.583. The first kappa shape index (κ1) is 38.2. The molecule has 2 bridgehead atoms. The highest BCUT2D eigenvalue weighted by atomic mass is 32.1. The van der Waals surface area contributed by atoms with Gasteiger partial charge in [-0.15, -0.1) is 10.2 Å². The lowest BCUT2D eigenvalue weighted by molar-refractivity contribution is -0.397. The number of hydrogen-bond donors (Lipinski definition) is 1. The zero-order valence-corrected chi connectivity index (χ0v) is 37.0. The Labute approximate surface area is 362 Å². The molecule has 318 valence electrons. The Morgan fingerprint density at radius 2 is 1.62 bits per heavy atom. The predicted octanol–water partition coefficient (Wildman–Crippen LogP) is 8.87. The summed E-state index contributed by atoms with van der Waals surface area (Å²) < 4.78 is 10.4. The molecule has 4 aromatic heterocycles. The van der Waals surface area contributed by atoms with Crippen molar-refractivity contribution in [3.8, 4) is 11.1 Å². The summed E-state index contributed by atoms with van der Waals surface area (Å²) in [6.45, 7) is 17.0. The molecule has 4 aliphatic carbocycles. The van der Waals surface area contributed by atoms with E-state index < -0.39 is 0 Å². The van der Waals surface area contributed by atoms with Crippen molar-refractivity contribution in [3.63, 3.8) is 0 Å². The summed E-state index contributed by atoms with van der Waals surface area (Å²) in [6.07, 6.45) is 14.7. The number of fused-ring (bicyclic) bond motifs is 3. The number of amides is 1. The van der Waals surface area contributed by atoms with Gasteiger partial charge in [-0.05, 0) is 138 Å². The quantitative estimate of drug-likeness (QED) is 0.138. The van der Waals surface area contributed by atoms with E-state index in [0.29, 0.717) is 16.5 Å². The first-order valence-corrected chi connectivity index (χ1v) is 23.8. The monoisotopic (exact) mass is 838 g/mol. The average molecular weight is 839 g/mol. The third-order valence-electron chi connectivity index (χ3n) is 16.9. The first-order chi connectivity index (χ1) is 29.5. The molecule has 7 heterocycles. The largest absolute Gasteiger partial charge is 0.373 e. The van der Waals surface area contributed by atoms with Crippen LogP contribution in [0.3, 0.4) is 0 Å². The number of anilines is 4. The Morgan fingerprint density at radius 1 is 0.852 bits per heavy atom. The summed E-state index contributed by atoms with van der Waals surface area (Å²) in [6, 6.07) is 12.3. The number of nitrogens with zero attached hydrogens (tertiary/aromatic N) is 9. The van der Waals surface area contributed by atoms with Gasteiger partial charge in [0.15, 0.2) is 16.8 Å². The van der Waals surface area contributed by atoms with Gasteiger partial charge in [-0.1, -0.05) is 37.3 Å². The van der Waals surface area contributed by atoms with Crippen LogP contribution in [0.2, 0.25) is 0 Å². The van der Waals surface area contributed by atoms with E-state index in [0.717, 1.165) is 126 Å². The highest BCUT2D eigenvalue weighted by Crippen LogP contribution is 2.95. The number of likely N-dealkylation sites (tertiary alicyclic amines) is 2. The number of benzene rings is 1. The lowest BCUT2D eigenvalue weighted by atomic mass is 9.25. The van der Waals surface area contributed by atoms with E-state index in [4.69, 9.17) is 30.0 Å². The molecule has 1 N–H and O–H groups in total. The van der Waals surface area contributed by atoms with Crippen molar-refractivity contribution in [2.75, 3.05) is 56.1 Å². The van der Waals surface area contributed by atoms with Crippen molar-refractivity contribution in [3.05, 3.63) is 65.1 Å². The number of pyridine rings is 1. The molecule has 5 aromatic rings. The van der Waals surface area contributed by atoms with Crippen LogP contribution in [0.4, 0.5) is 22.6 Å². The normalized spacial score (nSPS) is 31.1. The van der Waals surface area contributed by atoms with Crippen molar-refractivity contribution in [2.24, 2.45) is 21.7 Å². The number of ether oxygens (including phenoxy) is 1. The van der Waals surface area contributed by atoms with Crippen LogP contribution in [0.1, 0.15) is 105 Å². The lowest BCUT2D eigenvalue weighted by Crippen LogP contribution is -2.82. The molecule has 1 amide bonds. The van der Waals surface area contributed by atoms with Crippen molar-refractivity contribution in [1.82, 2.24) is 39.7 Å². The number of aromatic nitrogens is 6. The van der Waals surface area contributed by atoms with Gasteiger partial charge in [0, 0.05) is 66.1 Å². The van der Waals surface area contributed by atoms with E-state index in [-0.39, 0.29) is 22.3 Å². The van der Waals surface area contributed by atoms with Crippen LogP contribution in [-0.2, 0) is 17.7 Å². The van der Waals surface area contributed by atoms with Crippen LogP contribution in [0, 0.1) is 35.5 Å². The molecular weight excluding hydrogens is 781 g/mol. The number of thiazole rings is 1. The maximum atomic E-state index is 14.5. The van der Waals surface area contributed by atoms with Crippen molar-refractivity contribution >= 4 is 50.0 Å². The molecule has 12 rings (SSSR count). The van der Waals surface area contributed by atoms with Crippen molar-refractivity contribution < 1.29 is 9.53 Å². The summed E-state index contributed by atoms with van der Waals surface area (Å²) in [5.41, 5.74) is 7.84. The standard InChI is InChI=1S/C48H58N10O2S/c1-31-33-12-11-21-57(41(33)54-53-40(31)52-43-50-36-13-5-6-14-37(36)61-43)38-16-15-34(39(51-38)42(59)56-19-9-10-20-56)35-24-49-58(32(35)2)30-46-25-44(3)27-47(60-23-22-55-17-7-8-18-55)28-45(4,26-46)48(44,47)29-46/h5-6,13-16,24H,7-12,17-23,25-30H2,1-4H3,(H,50,52,53). The molecule has 0 radical (unpaired) electrons. The van der Waals surface area contributed by atoms with E-state index in [1.165, 1.54) is 58.0 Å². The van der Waals surface area contributed by atoms with Crippen LogP contribution >= 0.6 is 11.3 Å². The van der Waals surface area contributed by atoms with Gasteiger partial charge in [0.25, 0.3) is 5.91 Å². The molecule has 61 heavy (non-hydrogen) atoms. The van der Waals surface area contributed by atoms with Gasteiger partial charge in [-0.3, -0.25) is 9.48 Å². The van der Waals surface area contributed by atoms with Crippen LogP contribution < -0.4 is 10.2 Å². The fourth-order valence-electron chi connectivity index (χ4n) is 14.9. The highest BCUT2D eigenvalue weighted by Gasteiger charge is 2.93. The number of nitrogens with one attached hydrogen (secondary N) is 1. The predicted molar refractivity (Wildman–Crippen MR) is 239 cm³/mol. The second kappa shape index (κ2) is 13.5. The van der Waals surface area contributed by atoms with Gasteiger partial charge in [0.05, 0.1) is 28.6 Å². The van der Waals surface area contributed by atoms with E-state index >= 15 is 0 Å². The molecule has 1 aromatic carbocycles. The van der Waals surface area contributed by atoms with Gasteiger partial charge < -0.3 is 24.8 Å². The second-order valence-electron chi connectivity index (χ2n) is 20.5. The smallest absolute Gasteiger partial charge is 0.273 e. The molecule has 4 saturated carbocycles. The van der Waals surface area contributed by atoms with E-state index in [1.807, 2.05) is 29.3 Å². The number of carbonyl (C=O) groups excluding carboxylic acids is 1. The molecule has 13 heteroatoms. The Bertz CT molecular complexity index is 2530. The van der Waals surface area contributed by atoms with Crippen molar-refractivity contribution in [2.45, 2.75) is 110 Å². The third-order valence-corrected chi connectivity index (χ3v) is 17.8.